The summed E-state index contributed by atoms with van der Waals surface area (Å²) in [4.78, 5) is 0. The van der Waals surface area contributed by atoms with Gasteiger partial charge in [0, 0.05) is 28.6 Å². The van der Waals surface area contributed by atoms with Crippen LogP contribution in [0.5, 0.6) is 0 Å². The number of anilines is 3. The van der Waals surface area contributed by atoms with E-state index < -0.39 is 0 Å². The molecule has 4 aromatic rings. The first-order chi connectivity index (χ1) is 12.3. The van der Waals surface area contributed by atoms with E-state index in [9.17, 15) is 0 Å². The molecule has 0 saturated heterocycles. The van der Waals surface area contributed by atoms with Gasteiger partial charge in [-0.05, 0) is 48.0 Å². The normalized spacial score (nSPS) is 11.2. The molecule has 0 atom stereocenters. The van der Waals surface area contributed by atoms with Crippen LogP contribution < -0.4 is 11.1 Å². The molecular weight excluding hydrogens is 308 g/mol. The second kappa shape index (κ2) is 6.53. The third-order valence-corrected chi connectivity index (χ3v) is 3.98. The van der Waals surface area contributed by atoms with Crippen LogP contribution in [0, 0.1) is 0 Å². The number of rotatable bonds is 4. The summed E-state index contributed by atoms with van der Waals surface area (Å²) in [5.74, 6) is 0. The molecule has 0 aliphatic heterocycles. The van der Waals surface area contributed by atoms with Crippen molar-refractivity contribution in [1.82, 2.24) is 9.78 Å². The van der Waals surface area contributed by atoms with Gasteiger partial charge in [-0.15, -0.1) is 0 Å². The molecule has 1 heterocycles. The SMILES string of the molecule is Nc1cccc(Nc2ccc3cnn(C=Cc4ccccc4)c3c2)c1. The summed E-state index contributed by atoms with van der Waals surface area (Å²) >= 11 is 0. The first kappa shape index (κ1) is 15.0. The molecule has 122 valence electrons. The number of nitrogens with one attached hydrogen (secondary N) is 1. The Bertz CT molecular complexity index is 1030. The fourth-order valence-electron chi connectivity index (χ4n) is 2.74. The highest BCUT2D eigenvalue weighted by atomic mass is 15.3. The van der Waals surface area contributed by atoms with Crippen molar-refractivity contribution in [2.45, 2.75) is 0 Å². The highest BCUT2D eigenvalue weighted by molar-refractivity contribution is 5.85. The molecule has 3 N–H and O–H groups in total. The van der Waals surface area contributed by atoms with Gasteiger partial charge in [-0.1, -0.05) is 36.4 Å². The molecule has 0 aliphatic rings. The second-order valence-electron chi connectivity index (χ2n) is 5.84. The van der Waals surface area contributed by atoms with Crippen molar-refractivity contribution < 1.29 is 0 Å². The van der Waals surface area contributed by atoms with E-state index in [4.69, 9.17) is 5.73 Å². The van der Waals surface area contributed by atoms with Crippen LogP contribution in [-0.4, -0.2) is 9.78 Å². The average Bonchev–Trinajstić information content (AvgIpc) is 3.03. The van der Waals surface area contributed by atoms with Crippen LogP contribution in [0.25, 0.3) is 23.2 Å². The molecular formula is C21H18N4. The topological polar surface area (TPSA) is 55.9 Å². The maximum absolute atomic E-state index is 5.84. The monoisotopic (exact) mass is 326 g/mol. The van der Waals surface area contributed by atoms with E-state index in [0.29, 0.717) is 0 Å². The van der Waals surface area contributed by atoms with Crippen LogP contribution in [0.4, 0.5) is 17.1 Å². The van der Waals surface area contributed by atoms with E-state index in [1.807, 2.05) is 71.7 Å². The summed E-state index contributed by atoms with van der Waals surface area (Å²) in [6.45, 7) is 0. The van der Waals surface area contributed by atoms with E-state index in [0.717, 1.165) is 33.5 Å². The highest BCUT2D eigenvalue weighted by Gasteiger charge is 2.03. The van der Waals surface area contributed by atoms with Crippen LogP contribution >= 0.6 is 0 Å². The summed E-state index contributed by atoms with van der Waals surface area (Å²) in [6.07, 6.45) is 5.89. The molecule has 0 saturated carbocycles. The van der Waals surface area contributed by atoms with Gasteiger partial charge in [0.15, 0.2) is 0 Å². The summed E-state index contributed by atoms with van der Waals surface area (Å²) in [6, 6.07) is 24.1. The third kappa shape index (κ3) is 3.38. The van der Waals surface area contributed by atoms with Gasteiger partial charge in [0.1, 0.15) is 0 Å². The van der Waals surface area contributed by atoms with Crippen molar-refractivity contribution in [3.63, 3.8) is 0 Å². The molecule has 0 fully saturated rings. The zero-order valence-corrected chi connectivity index (χ0v) is 13.6. The number of nitrogen functional groups attached to an aromatic ring is 1. The molecule has 0 radical (unpaired) electrons. The van der Waals surface area contributed by atoms with E-state index >= 15 is 0 Å². The predicted octanol–water partition coefficient (Wildman–Crippen LogP) is 4.99. The Morgan fingerprint density at radius 3 is 2.56 bits per heavy atom. The van der Waals surface area contributed by atoms with Crippen molar-refractivity contribution in [3.8, 4) is 0 Å². The number of nitrogens with two attached hydrogens (primary N) is 1. The standard InChI is InChI=1S/C21H18N4/c22-18-7-4-8-19(13-18)24-20-10-9-17-15-23-25(21(17)14-20)12-11-16-5-2-1-3-6-16/h1-15,24H,22H2. The third-order valence-electron chi connectivity index (χ3n) is 3.98. The van der Waals surface area contributed by atoms with Gasteiger partial charge in [-0.25, -0.2) is 4.68 Å². The summed E-state index contributed by atoms with van der Waals surface area (Å²) in [5, 5.41) is 8.93. The molecule has 4 heteroatoms. The molecule has 4 rings (SSSR count). The Balaban J connectivity index is 1.64. The zero-order chi connectivity index (χ0) is 17.1. The van der Waals surface area contributed by atoms with E-state index in [-0.39, 0.29) is 0 Å². The van der Waals surface area contributed by atoms with Crippen LogP contribution in [0.15, 0.2) is 79.0 Å². The molecule has 0 aliphatic carbocycles. The first-order valence-electron chi connectivity index (χ1n) is 8.11. The van der Waals surface area contributed by atoms with Crippen LogP contribution in [-0.2, 0) is 0 Å². The predicted molar refractivity (Wildman–Crippen MR) is 106 cm³/mol. The number of hydrogen-bond donors (Lipinski definition) is 2. The fraction of sp³-hybridized carbons (Fsp3) is 0. The second-order valence-corrected chi connectivity index (χ2v) is 5.84. The number of aromatic nitrogens is 2. The van der Waals surface area contributed by atoms with Crippen molar-refractivity contribution in [2.24, 2.45) is 0 Å². The van der Waals surface area contributed by atoms with E-state index in [2.05, 4.69) is 34.7 Å². The van der Waals surface area contributed by atoms with Gasteiger partial charge >= 0.3 is 0 Å². The molecule has 0 bridgehead atoms. The minimum absolute atomic E-state index is 0.738. The number of hydrogen-bond acceptors (Lipinski definition) is 3. The first-order valence-corrected chi connectivity index (χ1v) is 8.11. The minimum atomic E-state index is 0.738. The lowest BCUT2D eigenvalue weighted by atomic mass is 10.2. The van der Waals surface area contributed by atoms with Gasteiger partial charge < -0.3 is 11.1 Å². The minimum Gasteiger partial charge on any atom is -0.399 e. The highest BCUT2D eigenvalue weighted by Crippen LogP contribution is 2.23. The Labute approximate surface area is 146 Å². The lowest BCUT2D eigenvalue weighted by molar-refractivity contribution is 0.969. The molecule has 0 spiro atoms. The molecule has 4 nitrogen and oxygen atoms in total. The quantitative estimate of drug-likeness (QED) is 0.519. The Hall–Kier alpha value is -3.53. The van der Waals surface area contributed by atoms with Crippen LogP contribution in [0.3, 0.4) is 0 Å². The number of nitrogens with zero attached hydrogens (tertiary/aromatic N) is 2. The van der Waals surface area contributed by atoms with Gasteiger partial charge in [0.05, 0.1) is 11.7 Å². The van der Waals surface area contributed by atoms with Crippen molar-refractivity contribution in [2.75, 3.05) is 11.1 Å². The van der Waals surface area contributed by atoms with Crippen molar-refractivity contribution >= 4 is 40.2 Å². The Morgan fingerprint density at radius 2 is 1.72 bits per heavy atom. The van der Waals surface area contributed by atoms with Gasteiger partial charge in [0.2, 0.25) is 0 Å². The molecule has 0 unspecified atom stereocenters. The summed E-state index contributed by atoms with van der Waals surface area (Å²) in [5.41, 5.74) is 10.7. The lowest BCUT2D eigenvalue weighted by Gasteiger charge is -2.07. The van der Waals surface area contributed by atoms with Crippen molar-refractivity contribution in [3.05, 3.63) is 84.6 Å². The maximum Gasteiger partial charge on any atom is 0.0754 e. The van der Waals surface area contributed by atoms with Crippen LogP contribution in [0.1, 0.15) is 5.56 Å². The zero-order valence-electron chi connectivity index (χ0n) is 13.6. The number of benzene rings is 3. The lowest BCUT2D eigenvalue weighted by Crippen LogP contribution is -1.93. The molecule has 0 amide bonds. The maximum atomic E-state index is 5.84. The average molecular weight is 326 g/mol. The summed E-state index contributed by atoms with van der Waals surface area (Å²) in [7, 11) is 0. The van der Waals surface area contributed by atoms with Gasteiger partial charge in [0.25, 0.3) is 0 Å². The fourth-order valence-corrected chi connectivity index (χ4v) is 2.74. The Morgan fingerprint density at radius 1 is 0.880 bits per heavy atom. The molecule has 25 heavy (non-hydrogen) atoms. The Kier molecular flexibility index (Phi) is 3.92. The van der Waals surface area contributed by atoms with Crippen molar-refractivity contribution in [1.29, 1.82) is 0 Å². The van der Waals surface area contributed by atoms with E-state index in [1.165, 1.54) is 0 Å². The molecule has 1 aromatic heterocycles. The number of fused-ring (bicyclic) bond motifs is 1. The van der Waals surface area contributed by atoms with Gasteiger partial charge in [-0.3, -0.25) is 0 Å². The summed E-state index contributed by atoms with van der Waals surface area (Å²) < 4.78 is 1.88. The largest absolute Gasteiger partial charge is 0.399 e. The smallest absolute Gasteiger partial charge is 0.0754 e. The molecule has 3 aromatic carbocycles. The van der Waals surface area contributed by atoms with Gasteiger partial charge in [-0.2, -0.15) is 5.10 Å². The van der Waals surface area contributed by atoms with E-state index in [1.54, 1.807) is 0 Å². The van der Waals surface area contributed by atoms with Crippen LogP contribution in [0.2, 0.25) is 0 Å².